The third kappa shape index (κ3) is 7.89. The largest absolute Gasteiger partial charge is 0.303 e. The van der Waals surface area contributed by atoms with Gasteiger partial charge in [0, 0.05) is 17.0 Å². The molecule has 82 valence electrons. The maximum absolute atomic E-state index is 10.1. The zero-order valence-corrected chi connectivity index (χ0v) is 9.54. The molecule has 1 aromatic rings. The number of carbonyl (C=O) groups excluding carboxylic acids is 2. The fourth-order valence-electron chi connectivity index (χ4n) is 0.829. The molecule has 15 heavy (non-hydrogen) atoms. The monoisotopic (exact) mass is 226 g/mol. The topological polar surface area (TPSA) is 34.1 Å². The first kappa shape index (κ1) is 13.8. The van der Waals surface area contributed by atoms with E-state index in [0.29, 0.717) is 10.6 Å². The van der Waals surface area contributed by atoms with Crippen molar-refractivity contribution in [1.82, 2.24) is 0 Å². The van der Waals surface area contributed by atoms with Crippen molar-refractivity contribution < 1.29 is 9.59 Å². The molecule has 1 rings (SSSR count). The highest BCUT2D eigenvalue weighted by atomic mass is 35.5. The lowest BCUT2D eigenvalue weighted by atomic mass is 10.2. The first-order valence-electron chi connectivity index (χ1n) is 4.89. The average Bonchev–Trinajstić information content (AvgIpc) is 2.28. The summed E-state index contributed by atoms with van der Waals surface area (Å²) in [4.78, 5) is 19.6. The van der Waals surface area contributed by atoms with Gasteiger partial charge in [0.2, 0.25) is 0 Å². The summed E-state index contributed by atoms with van der Waals surface area (Å²) in [6.07, 6.45) is 4.65. The molecule has 0 saturated carbocycles. The minimum Gasteiger partial charge on any atom is -0.303 e. The molecule has 0 saturated heterocycles. The molecule has 3 heteroatoms. The Morgan fingerprint density at radius 3 is 2.13 bits per heavy atom. The second-order valence-corrected chi connectivity index (χ2v) is 3.41. The summed E-state index contributed by atoms with van der Waals surface area (Å²) in [7, 11) is 0. The Bertz CT molecular complexity index is 280. The van der Waals surface area contributed by atoms with Crippen LogP contribution in [-0.4, -0.2) is 12.6 Å². The third-order valence-corrected chi connectivity index (χ3v) is 1.93. The van der Waals surface area contributed by atoms with Gasteiger partial charge in [-0.3, -0.25) is 4.79 Å². The normalized spacial score (nSPS) is 8.67. The lowest BCUT2D eigenvalue weighted by Crippen LogP contribution is -1.74. The Balaban J connectivity index is 0.000000288. The van der Waals surface area contributed by atoms with Crippen LogP contribution < -0.4 is 0 Å². The van der Waals surface area contributed by atoms with Gasteiger partial charge in [-0.15, -0.1) is 0 Å². The summed E-state index contributed by atoms with van der Waals surface area (Å²) in [5.74, 6) is 0. The second-order valence-electron chi connectivity index (χ2n) is 2.98. The Labute approximate surface area is 95.3 Å². The number of benzene rings is 1. The van der Waals surface area contributed by atoms with Crippen LogP contribution >= 0.6 is 11.6 Å². The highest BCUT2D eigenvalue weighted by Crippen LogP contribution is 2.07. The second kappa shape index (κ2) is 9.41. The first-order chi connectivity index (χ1) is 7.24. The van der Waals surface area contributed by atoms with Crippen molar-refractivity contribution in [2.75, 3.05) is 0 Å². The molecule has 0 aliphatic rings. The van der Waals surface area contributed by atoms with Crippen LogP contribution in [0, 0.1) is 0 Å². The van der Waals surface area contributed by atoms with Gasteiger partial charge in [-0.1, -0.05) is 37.1 Å². The molecule has 0 unspecified atom stereocenters. The molecule has 0 aliphatic carbocycles. The van der Waals surface area contributed by atoms with E-state index in [1.54, 1.807) is 24.3 Å². The Kier molecular flexibility index (Phi) is 8.69. The maximum Gasteiger partial charge on any atom is 0.150 e. The molecule has 1 aromatic carbocycles. The minimum absolute atomic E-state index is 0.652. The molecule has 2 nitrogen and oxygen atoms in total. The van der Waals surface area contributed by atoms with E-state index in [9.17, 15) is 9.59 Å². The van der Waals surface area contributed by atoms with Crippen molar-refractivity contribution in [2.24, 2.45) is 0 Å². The van der Waals surface area contributed by atoms with Crippen LogP contribution in [0.5, 0.6) is 0 Å². The lowest BCUT2D eigenvalue weighted by Gasteiger charge is -1.87. The molecule has 0 bridgehead atoms. The van der Waals surface area contributed by atoms with Gasteiger partial charge in [0.15, 0.2) is 0 Å². The van der Waals surface area contributed by atoms with E-state index >= 15 is 0 Å². The van der Waals surface area contributed by atoms with Gasteiger partial charge in [0.1, 0.15) is 12.6 Å². The number of halogens is 1. The Hall–Kier alpha value is -1.15. The number of hydrogen-bond acceptors (Lipinski definition) is 2. The summed E-state index contributed by atoms with van der Waals surface area (Å²) < 4.78 is 0. The van der Waals surface area contributed by atoms with Crippen LogP contribution in [0.25, 0.3) is 0 Å². The molecular weight excluding hydrogens is 212 g/mol. The molecule has 0 heterocycles. The third-order valence-electron chi connectivity index (χ3n) is 1.68. The van der Waals surface area contributed by atoms with Gasteiger partial charge in [0.05, 0.1) is 0 Å². The Morgan fingerprint density at radius 2 is 1.80 bits per heavy atom. The van der Waals surface area contributed by atoms with Gasteiger partial charge in [0.25, 0.3) is 0 Å². The number of hydrogen-bond donors (Lipinski definition) is 0. The molecule has 0 amide bonds. The fraction of sp³-hybridized carbons (Fsp3) is 0.333. The van der Waals surface area contributed by atoms with Crippen LogP contribution in [0.2, 0.25) is 5.02 Å². The number of rotatable bonds is 4. The zero-order chi connectivity index (χ0) is 11.5. The van der Waals surface area contributed by atoms with Crippen molar-refractivity contribution in [2.45, 2.75) is 26.2 Å². The van der Waals surface area contributed by atoms with Gasteiger partial charge in [-0.25, -0.2) is 0 Å². The van der Waals surface area contributed by atoms with Crippen LogP contribution in [0.15, 0.2) is 24.3 Å². The van der Waals surface area contributed by atoms with Crippen LogP contribution in [0.3, 0.4) is 0 Å². The van der Waals surface area contributed by atoms with Crippen molar-refractivity contribution in [3.63, 3.8) is 0 Å². The predicted molar refractivity (Wildman–Crippen MR) is 62.4 cm³/mol. The lowest BCUT2D eigenvalue weighted by molar-refractivity contribution is -0.107. The molecule has 0 fully saturated rings. The summed E-state index contributed by atoms with van der Waals surface area (Å²) in [6.45, 7) is 2.07. The molecular formula is C12H15ClO2. The van der Waals surface area contributed by atoms with E-state index in [1.807, 2.05) is 0 Å². The Morgan fingerprint density at radius 1 is 1.20 bits per heavy atom. The van der Waals surface area contributed by atoms with Crippen molar-refractivity contribution >= 4 is 24.2 Å². The van der Waals surface area contributed by atoms with Gasteiger partial charge < -0.3 is 4.79 Å². The number of aldehydes is 2. The zero-order valence-electron chi connectivity index (χ0n) is 8.78. The van der Waals surface area contributed by atoms with E-state index in [4.69, 9.17) is 11.6 Å². The van der Waals surface area contributed by atoms with E-state index in [1.165, 1.54) is 0 Å². The standard InChI is InChI=1S/C7H5ClO.C5H10O/c8-7-3-1-6(5-9)2-4-7;1-2-3-4-5-6/h1-5H;5H,2-4H2,1H3. The maximum atomic E-state index is 10.1. The summed E-state index contributed by atoms with van der Waals surface area (Å²) in [5.41, 5.74) is 0.652. The van der Waals surface area contributed by atoms with Gasteiger partial charge >= 0.3 is 0 Å². The van der Waals surface area contributed by atoms with Gasteiger partial charge in [-0.05, 0) is 18.6 Å². The predicted octanol–water partition coefficient (Wildman–Crippen LogP) is 3.53. The highest BCUT2D eigenvalue weighted by molar-refractivity contribution is 6.30. The summed E-state index contributed by atoms with van der Waals surface area (Å²) >= 11 is 5.55. The quantitative estimate of drug-likeness (QED) is 0.582. The molecule has 0 N–H and O–H groups in total. The van der Waals surface area contributed by atoms with Crippen molar-refractivity contribution in [3.05, 3.63) is 34.9 Å². The van der Waals surface area contributed by atoms with E-state index < -0.39 is 0 Å². The van der Waals surface area contributed by atoms with Crippen LogP contribution in [0.1, 0.15) is 36.5 Å². The SMILES string of the molecule is CCCCC=O.O=Cc1ccc(Cl)cc1. The van der Waals surface area contributed by atoms with Crippen LogP contribution in [-0.2, 0) is 4.79 Å². The van der Waals surface area contributed by atoms with Gasteiger partial charge in [-0.2, -0.15) is 0 Å². The number of unbranched alkanes of at least 4 members (excludes halogenated alkanes) is 2. The molecule has 0 radical (unpaired) electrons. The van der Waals surface area contributed by atoms with E-state index in [-0.39, 0.29) is 0 Å². The fourth-order valence-corrected chi connectivity index (χ4v) is 0.955. The van der Waals surface area contributed by atoms with E-state index in [2.05, 4.69) is 6.92 Å². The number of carbonyl (C=O) groups is 2. The minimum atomic E-state index is 0.652. The molecule has 0 atom stereocenters. The molecule has 0 spiro atoms. The molecule has 0 aromatic heterocycles. The van der Waals surface area contributed by atoms with Crippen LogP contribution in [0.4, 0.5) is 0 Å². The summed E-state index contributed by atoms with van der Waals surface area (Å²) in [6, 6.07) is 6.72. The van der Waals surface area contributed by atoms with Crippen molar-refractivity contribution in [1.29, 1.82) is 0 Å². The highest BCUT2D eigenvalue weighted by Gasteiger charge is 1.86. The average molecular weight is 227 g/mol. The van der Waals surface area contributed by atoms with E-state index in [0.717, 1.165) is 31.8 Å². The molecule has 0 aliphatic heterocycles. The summed E-state index contributed by atoms with van der Waals surface area (Å²) in [5, 5.41) is 0.653. The smallest absolute Gasteiger partial charge is 0.150 e. The van der Waals surface area contributed by atoms with Crippen molar-refractivity contribution in [3.8, 4) is 0 Å². The first-order valence-corrected chi connectivity index (χ1v) is 5.26.